The molecule has 0 bridgehead atoms. The number of anilines is 1. The Hall–Kier alpha value is -1.51. The summed E-state index contributed by atoms with van der Waals surface area (Å²) in [5.41, 5.74) is 1.09. The highest BCUT2D eigenvalue weighted by molar-refractivity contribution is 5.65. The molecule has 1 heterocycles. The minimum Gasteiger partial charge on any atom is -0.497 e. The van der Waals surface area contributed by atoms with E-state index in [0.29, 0.717) is 0 Å². The van der Waals surface area contributed by atoms with Crippen LogP contribution in [0.3, 0.4) is 0 Å². The van der Waals surface area contributed by atoms with Crippen molar-refractivity contribution in [1.82, 2.24) is 0 Å². The SMILES string of the molecule is COc1cccc(N2CCC=N2)c1. The van der Waals surface area contributed by atoms with E-state index in [1.54, 1.807) is 7.11 Å². The Balaban J connectivity index is 2.24. The molecule has 0 atom stereocenters. The summed E-state index contributed by atoms with van der Waals surface area (Å²) in [6.07, 6.45) is 2.96. The van der Waals surface area contributed by atoms with Gasteiger partial charge in [-0.1, -0.05) is 6.07 Å². The van der Waals surface area contributed by atoms with Gasteiger partial charge in [0.05, 0.1) is 12.8 Å². The second-order valence-corrected chi connectivity index (χ2v) is 2.91. The Kier molecular flexibility index (Phi) is 2.17. The number of benzene rings is 1. The zero-order valence-electron chi connectivity index (χ0n) is 7.60. The van der Waals surface area contributed by atoms with Gasteiger partial charge in [0.25, 0.3) is 0 Å². The summed E-state index contributed by atoms with van der Waals surface area (Å²) >= 11 is 0. The summed E-state index contributed by atoms with van der Waals surface area (Å²) in [5.74, 6) is 0.875. The van der Waals surface area contributed by atoms with Crippen molar-refractivity contribution in [2.24, 2.45) is 5.10 Å². The fraction of sp³-hybridized carbons (Fsp3) is 0.300. The maximum atomic E-state index is 5.14. The molecular weight excluding hydrogens is 164 g/mol. The van der Waals surface area contributed by atoms with Gasteiger partial charge >= 0.3 is 0 Å². The van der Waals surface area contributed by atoms with Crippen LogP contribution in [0, 0.1) is 0 Å². The molecule has 68 valence electrons. The van der Waals surface area contributed by atoms with Crippen molar-refractivity contribution in [3.05, 3.63) is 24.3 Å². The first kappa shape index (κ1) is 8.10. The largest absolute Gasteiger partial charge is 0.497 e. The standard InChI is InChI=1S/C10H12N2O/c1-13-10-5-2-4-9(8-10)12-7-3-6-11-12/h2,4-6,8H,3,7H2,1H3. The van der Waals surface area contributed by atoms with Crippen LogP contribution in [-0.4, -0.2) is 19.9 Å². The predicted molar refractivity (Wildman–Crippen MR) is 53.4 cm³/mol. The number of hydrazone groups is 1. The molecule has 1 aromatic rings. The van der Waals surface area contributed by atoms with Gasteiger partial charge in [0.2, 0.25) is 0 Å². The van der Waals surface area contributed by atoms with Crippen molar-refractivity contribution in [3.63, 3.8) is 0 Å². The van der Waals surface area contributed by atoms with E-state index in [2.05, 4.69) is 5.10 Å². The minimum absolute atomic E-state index is 0.875. The van der Waals surface area contributed by atoms with Crippen molar-refractivity contribution in [2.75, 3.05) is 18.7 Å². The van der Waals surface area contributed by atoms with E-state index in [1.807, 2.05) is 35.5 Å². The van der Waals surface area contributed by atoms with Crippen molar-refractivity contribution in [3.8, 4) is 5.75 Å². The van der Waals surface area contributed by atoms with Crippen LogP contribution in [-0.2, 0) is 0 Å². The van der Waals surface area contributed by atoms with E-state index in [1.165, 1.54) is 0 Å². The van der Waals surface area contributed by atoms with E-state index in [9.17, 15) is 0 Å². The van der Waals surface area contributed by atoms with Gasteiger partial charge in [0.1, 0.15) is 5.75 Å². The van der Waals surface area contributed by atoms with Gasteiger partial charge in [-0.15, -0.1) is 0 Å². The van der Waals surface area contributed by atoms with Crippen molar-refractivity contribution >= 4 is 11.9 Å². The van der Waals surface area contributed by atoms with Gasteiger partial charge in [-0.3, -0.25) is 5.01 Å². The molecule has 0 aromatic heterocycles. The molecule has 2 rings (SSSR count). The summed E-state index contributed by atoms with van der Waals surface area (Å²) in [7, 11) is 1.67. The Morgan fingerprint density at radius 2 is 2.38 bits per heavy atom. The Morgan fingerprint density at radius 3 is 3.08 bits per heavy atom. The summed E-state index contributed by atoms with van der Waals surface area (Å²) in [4.78, 5) is 0. The first-order valence-corrected chi connectivity index (χ1v) is 4.34. The normalized spacial score (nSPS) is 15.0. The molecule has 0 amide bonds. The number of hydrogen-bond acceptors (Lipinski definition) is 3. The highest BCUT2D eigenvalue weighted by Gasteiger charge is 2.08. The van der Waals surface area contributed by atoms with Gasteiger partial charge in [-0.2, -0.15) is 5.10 Å². The highest BCUT2D eigenvalue weighted by atomic mass is 16.5. The molecule has 3 nitrogen and oxygen atoms in total. The molecule has 0 saturated carbocycles. The molecule has 0 radical (unpaired) electrons. The van der Waals surface area contributed by atoms with E-state index < -0.39 is 0 Å². The molecular formula is C10H12N2O. The second kappa shape index (κ2) is 3.47. The van der Waals surface area contributed by atoms with Crippen LogP contribution in [0.5, 0.6) is 5.75 Å². The van der Waals surface area contributed by atoms with E-state index >= 15 is 0 Å². The van der Waals surface area contributed by atoms with Crippen LogP contribution in [0.4, 0.5) is 5.69 Å². The molecule has 0 aliphatic carbocycles. The quantitative estimate of drug-likeness (QED) is 0.687. The van der Waals surface area contributed by atoms with Crippen LogP contribution < -0.4 is 9.75 Å². The molecule has 0 spiro atoms. The minimum atomic E-state index is 0.875. The summed E-state index contributed by atoms with van der Waals surface area (Å²) in [6, 6.07) is 7.93. The fourth-order valence-corrected chi connectivity index (χ4v) is 1.36. The Morgan fingerprint density at radius 1 is 1.46 bits per heavy atom. The van der Waals surface area contributed by atoms with Gasteiger partial charge in [-0.05, 0) is 12.1 Å². The highest BCUT2D eigenvalue weighted by Crippen LogP contribution is 2.22. The number of hydrogen-bond donors (Lipinski definition) is 0. The van der Waals surface area contributed by atoms with Gasteiger partial charge < -0.3 is 4.74 Å². The van der Waals surface area contributed by atoms with E-state index in [-0.39, 0.29) is 0 Å². The molecule has 13 heavy (non-hydrogen) atoms. The lowest BCUT2D eigenvalue weighted by Crippen LogP contribution is -2.11. The third kappa shape index (κ3) is 1.64. The molecule has 1 aliphatic rings. The lowest BCUT2D eigenvalue weighted by atomic mass is 10.3. The summed E-state index contributed by atoms with van der Waals surface area (Å²) < 4.78 is 5.14. The fourth-order valence-electron chi connectivity index (χ4n) is 1.36. The molecule has 0 fully saturated rings. The maximum absolute atomic E-state index is 5.14. The average Bonchev–Trinajstić information content (AvgIpc) is 2.71. The van der Waals surface area contributed by atoms with Crippen LogP contribution in [0.2, 0.25) is 0 Å². The monoisotopic (exact) mass is 176 g/mol. The summed E-state index contributed by atoms with van der Waals surface area (Å²) in [5, 5.41) is 6.21. The topological polar surface area (TPSA) is 24.8 Å². The lowest BCUT2D eigenvalue weighted by molar-refractivity contribution is 0.415. The van der Waals surface area contributed by atoms with Crippen molar-refractivity contribution in [1.29, 1.82) is 0 Å². The average molecular weight is 176 g/mol. The van der Waals surface area contributed by atoms with Gasteiger partial charge in [0.15, 0.2) is 0 Å². The zero-order chi connectivity index (χ0) is 9.10. The van der Waals surface area contributed by atoms with Crippen molar-refractivity contribution in [2.45, 2.75) is 6.42 Å². The predicted octanol–water partition coefficient (Wildman–Crippen LogP) is 1.89. The van der Waals surface area contributed by atoms with E-state index in [4.69, 9.17) is 4.74 Å². The van der Waals surface area contributed by atoms with E-state index in [0.717, 1.165) is 24.4 Å². The molecule has 0 unspecified atom stereocenters. The Bertz CT molecular complexity index is 322. The van der Waals surface area contributed by atoms with Crippen LogP contribution in [0.1, 0.15) is 6.42 Å². The Labute approximate surface area is 77.6 Å². The molecule has 0 saturated heterocycles. The molecule has 1 aliphatic heterocycles. The number of rotatable bonds is 2. The molecule has 3 heteroatoms. The number of methoxy groups -OCH3 is 1. The lowest BCUT2D eigenvalue weighted by Gasteiger charge is -2.14. The smallest absolute Gasteiger partial charge is 0.120 e. The molecule has 1 aromatic carbocycles. The first-order valence-electron chi connectivity index (χ1n) is 4.34. The van der Waals surface area contributed by atoms with Crippen LogP contribution >= 0.6 is 0 Å². The second-order valence-electron chi connectivity index (χ2n) is 2.91. The van der Waals surface area contributed by atoms with Gasteiger partial charge in [-0.25, -0.2) is 0 Å². The van der Waals surface area contributed by atoms with Crippen LogP contribution in [0.25, 0.3) is 0 Å². The maximum Gasteiger partial charge on any atom is 0.120 e. The number of ether oxygens (including phenoxy) is 1. The molecule has 0 N–H and O–H groups in total. The van der Waals surface area contributed by atoms with Crippen LogP contribution in [0.15, 0.2) is 29.4 Å². The zero-order valence-corrected chi connectivity index (χ0v) is 7.60. The number of nitrogens with zero attached hydrogens (tertiary/aromatic N) is 2. The third-order valence-corrected chi connectivity index (χ3v) is 2.04. The van der Waals surface area contributed by atoms with Gasteiger partial charge in [0, 0.05) is 25.2 Å². The third-order valence-electron chi connectivity index (χ3n) is 2.04. The summed E-state index contributed by atoms with van der Waals surface area (Å²) in [6.45, 7) is 0.965. The van der Waals surface area contributed by atoms with Crippen molar-refractivity contribution < 1.29 is 4.74 Å². The first-order chi connectivity index (χ1) is 6.40.